The minimum Gasteiger partial charge on any atom is -0.495 e. The topological polar surface area (TPSA) is 91.4 Å². The predicted molar refractivity (Wildman–Crippen MR) is 80.1 cm³/mol. The summed E-state index contributed by atoms with van der Waals surface area (Å²) in [5.74, 6) is 0.708. The second-order valence-electron chi connectivity index (χ2n) is 4.21. The lowest BCUT2D eigenvalue weighted by Crippen LogP contribution is -2.14. The molecule has 0 fully saturated rings. The van der Waals surface area contributed by atoms with Crippen LogP contribution in [0.4, 0.5) is 11.5 Å². The van der Waals surface area contributed by atoms with Crippen LogP contribution in [0.3, 0.4) is 0 Å². The molecule has 0 aliphatic heterocycles. The van der Waals surface area contributed by atoms with Gasteiger partial charge >= 0.3 is 0 Å². The third kappa shape index (κ3) is 2.87. The van der Waals surface area contributed by atoms with E-state index in [-0.39, 0.29) is 11.4 Å². The van der Waals surface area contributed by atoms with Gasteiger partial charge in [0.15, 0.2) is 0 Å². The Balaban J connectivity index is 2.34. The molecule has 0 unspecified atom stereocenters. The van der Waals surface area contributed by atoms with Crippen molar-refractivity contribution >= 4 is 29.0 Å². The molecule has 7 nitrogen and oxygen atoms in total. The summed E-state index contributed by atoms with van der Waals surface area (Å²) in [5, 5.41) is 7.00. The molecule has 0 bridgehead atoms. The van der Waals surface area contributed by atoms with Crippen molar-refractivity contribution in [1.82, 2.24) is 9.78 Å². The molecule has 2 aromatic rings. The zero-order valence-corrected chi connectivity index (χ0v) is 12.6. The molecule has 8 heteroatoms. The lowest BCUT2D eigenvalue weighted by molar-refractivity contribution is 0.102. The van der Waals surface area contributed by atoms with E-state index < -0.39 is 5.91 Å². The molecule has 0 atom stereocenters. The van der Waals surface area contributed by atoms with E-state index in [1.54, 1.807) is 19.2 Å². The molecule has 1 aromatic carbocycles. The van der Waals surface area contributed by atoms with Gasteiger partial charge in [0.2, 0.25) is 0 Å². The number of aromatic nitrogens is 2. The number of nitrogens with two attached hydrogens (primary N) is 1. The number of halogens is 1. The van der Waals surface area contributed by atoms with E-state index in [2.05, 4.69) is 10.4 Å². The van der Waals surface area contributed by atoms with E-state index in [0.717, 1.165) is 0 Å². The molecule has 3 N–H and O–H groups in total. The Morgan fingerprint density at radius 2 is 2.00 bits per heavy atom. The van der Waals surface area contributed by atoms with Gasteiger partial charge in [-0.15, -0.1) is 0 Å². The molecule has 0 aliphatic rings. The Morgan fingerprint density at radius 3 is 2.52 bits per heavy atom. The summed E-state index contributed by atoms with van der Waals surface area (Å²) in [6.07, 6.45) is 1.39. The van der Waals surface area contributed by atoms with Crippen LogP contribution in [-0.4, -0.2) is 29.9 Å². The summed E-state index contributed by atoms with van der Waals surface area (Å²) in [6, 6.07) is 3.13. The predicted octanol–water partition coefficient (Wildman–Crippen LogP) is 1.93. The number of carbonyl (C=O) groups is 1. The van der Waals surface area contributed by atoms with E-state index in [1.165, 1.54) is 25.1 Å². The van der Waals surface area contributed by atoms with Crippen molar-refractivity contribution in [3.05, 3.63) is 28.9 Å². The van der Waals surface area contributed by atoms with Gasteiger partial charge in [0, 0.05) is 19.2 Å². The maximum atomic E-state index is 12.2. The first-order valence-corrected chi connectivity index (χ1v) is 6.36. The normalized spacial score (nSPS) is 10.3. The number of anilines is 2. The Kier molecular flexibility index (Phi) is 4.23. The molecule has 0 saturated heterocycles. The van der Waals surface area contributed by atoms with Crippen LogP contribution >= 0.6 is 11.6 Å². The summed E-state index contributed by atoms with van der Waals surface area (Å²) in [6.45, 7) is 0. The van der Waals surface area contributed by atoms with Crippen LogP contribution in [0.25, 0.3) is 0 Å². The molecule has 0 aliphatic carbocycles. The fourth-order valence-corrected chi connectivity index (χ4v) is 2.00. The number of aryl methyl sites for hydroxylation is 1. The van der Waals surface area contributed by atoms with Crippen molar-refractivity contribution in [1.29, 1.82) is 0 Å². The van der Waals surface area contributed by atoms with Gasteiger partial charge in [-0.1, -0.05) is 11.6 Å². The fourth-order valence-electron chi connectivity index (χ4n) is 1.77. The highest BCUT2D eigenvalue weighted by Gasteiger charge is 2.17. The molecule has 0 saturated carbocycles. The van der Waals surface area contributed by atoms with Crippen LogP contribution in [0.15, 0.2) is 18.3 Å². The van der Waals surface area contributed by atoms with Gasteiger partial charge in [0.1, 0.15) is 22.9 Å². The van der Waals surface area contributed by atoms with Crippen LogP contribution < -0.4 is 20.5 Å². The largest absolute Gasteiger partial charge is 0.495 e. The van der Waals surface area contributed by atoms with Gasteiger partial charge < -0.3 is 20.5 Å². The number of nitrogen functional groups attached to an aromatic ring is 1. The lowest BCUT2D eigenvalue weighted by Gasteiger charge is -2.13. The fraction of sp³-hybridized carbons (Fsp3) is 0.231. The Labute approximate surface area is 126 Å². The van der Waals surface area contributed by atoms with Crippen molar-refractivity contribution in [3.63, 3.8) is 0 Å². The van der Waals surface area contributed by atoms with Crippen LogP contribution in [0.2, 0.25) is 5.02 Å². The van der Waals surface area contributed by atoms with Gasteiger partial charge in [-0.05, 0) is 0 Å². The summed E-state index contributed by atoms with van der Waals surface area (Å²) in [7, 11) is 4.61. The number of benzene rings is 1. The Bertz CT molecular complexity index is 684. The summed E-state index contributed by atoms with van der Waals surface area (Å²) in [5.41, 5.74) is 6.47. The number of nitrogens with zero attached hydrogens (tertiary/aromatic N) is 2. The minimum atomic E-state index is -0.400. The van der Waals surface area contributed by atoms with Crippen LogP contribution in [-0.2, 0) is 7.05 Å². The SMILES string of the molecule is COc1cc(NC(=O)c2cnn(C)c2N)c(OC)cc1Cl. The van der Waals surface area contributed by atoms with Crippen molar-refractivity contribution in [2.75, 3.05) is 25.3 Å². The Hall–Kier alpha value is -2.41. The molecule has 112 valence electrons. The van der Waals surface area contributed by atoms with Crippen LogP contribution in [0, 0.1) is 0 Å². The average Bonchev–Trinajstić information content (AvgIpc) is 2.80. The molecular formula is C13H15ClN4O3. The summed E-state index contributed by atoms with van der Waals surface area (Å²) < 4.78 is 11.7. The molecule has 1 aromatic heterocycles. The second kappa shape index (κ2) is 5.92. The van der Waals surface area contributed by atoms with E-state index >= 15 is 0 Å². The van der Waals surface area contributed by atoms with Gasteiger partial charge in [0.25, 0.3) is 5.91 Å². The zero-order valence-electron chi connectivity index (χ0n) is 11.8. The molecular weight excluding hydrogens is 296 g/mol. The number of rotatable bonds is 4. The highest BCUT2D eigenvalue weighted by molar-refractivity contribution is 6.32. The number of carbonyl (C=O) groups excluding carboxylic acids is 1. The third-order valence-corrected chi connectivity index (χ3v) is 3.25. The molecule has 1 heterocycles. The Morgan fingerprint density at radius 1 is 1.33 bits per heavy atom. The number of hydrogen-bond acceptors (Lipinski definition) is 5. The first-order valence-electron chi connectivity index (χ1n) is 5.98. The highest BCUT2D eigenvalue weighted by Crippen LogP contribution is 2.36. The lowest BCUT2D eigenvalue weighted by atomic mass is 10.2. The summed E-state index contributed by atoms with van der Waals surface area (Å²) >= 11 is 6.01. The maximum Gasteiger partial charge on any atom is 0.261 e. The second-order valence-corrected chi connectivity index (χ2v) is 4.62. The van der Waals surface area contributed by atoms with Crippen molar-refractivity contribution in [3.8, 4) is 11.5 Å². The highest BCUT2D eigenvalue weighted by atomic mass is 35.5. The number of ether oxygens (including phenoxy) is 2. The van der Waals surface area contributed by atoms with Gasteiger partial charge in [-0.2, -0.15) is 5.10 Å². The number of amides is 1. The van der Waals surface area contributed by atoms with Crippen molar-refractivity contribution in [2.24, 2.45) is 7.05 Å². The monoisotopic (exact) mass is 310 g/mol. The first-order chi connectivity index (χ1) is 9.97. The molecule has 0 radical (unpaired) electrons. The van der Waals surface area contributed by atoms with Crippen molar-refractivity contribution < 1.29 is 14.3 Å². The number of methoxy groups -OCH3 is 2. The van der Waals surface area contributed by atoms with Gasteiger partial charge in [-0.3, -0.25) is 9.48 Å². The van der Waals surface area contributed by atoms with E-state index in [9.17, 15) is 4.79 Å². The molecule has 2 rings (SSSR count). The standard InChI is InChI=1S/C13H15ClN4O3/c1-18-12(15)7(6-16-18)13(19)17-9-5-10(20-2)8(14)4-11(9)21-3/h4-6H,15H2,1-3H3,(H,17,19). The summed E-state index contributed by atoms with van der Waals surface area (Å²) in [4.78, 5) is 12.2. The molecule has 1 amide bonds. The maximum absolute atomic E-state index is 12.2. The van der Waals surface area contributed by atoms with E-state index in [0.29, 0.717) is 22.2 Å². The molecule has 21 heavy (non-hydrogen) atoms. The van der Waals surface area contributed by atoms with Crippen LogP contribution in [0.5, 0.6) is 11.5 Å². The number of hydrogen-bond donors (Lipinski definition) is 2. The van der Waals surface area contributed by atoms with Gasteiger partial charge in [0.05, 0.1) is 31.1 Å². The minimum absolute atomic E-state index is 0.271. The van der Waals surface area contributed by atoms with E-state index in [4.69, 9.17) is 26.8 Å². The smallest absolute Gasteiger partial charge is 0.261 e. The van der Waals surface area contributed by atoms with Gasteiger partial charge in [-0.25, -0.2) is 0 Å². The first kappa shape index (κ1) is 15.0. The van der Waals surface area contributed by atoms with Crippen LogP contribution in [0.1, 0.15) is 10.4 Å². The quantitative estimate of drug-likeness (QED) is 0.900. The zero-order chi connectivity index (χ0) is 15.6. The molecule has 0 spiro atoms. The third-order valence-electron chi connectivity index (χ3n) is 2.95. The van der Waals surface area contributed by atoms with E-state index in [1.807, 2.05) is 0 Å². The number of nitrogens with one attached hydrogen (secondary N) is 1. The van der Waals surface area contributed by atoms with Crippen molar-refractivity contribution in [2.45, 2.75) is 0 Å². The average molecular weight is 311 g/mol.